The van der Waals surface area contributed by atoms with E-state index in [0.29, 0.717) is 22.2 Å². The van der Waals surface area contributed by atoms with Crippen LogP contribution in [0.2, 0.25) is 5.02 Å². The van der Waals surface area contributed by atoms with Crippen molar-refractivity contribution in [2.75, 3.05) is 10.8 Å². The van der Waals surface area contributed by atoms with Crippen LogP contribution in [0.15, 0.2) is 65.7 Å². The molecule has 1 N–H and O–H groups in total. The van der Waals surface area contributed by atoms with Crippen molar-refractivity contribution in [2.24, 2.45) is 0 Å². The molecule has 1 aliphatic heterocycles. The van der Waals surface area contributed by atoms with Crippen molar-refractivity contribution in [2.45, 2.75) is 30.8 Å². The van der Waals surface area contributed by atoms with Gasteiger partial charge in [-0.25, -0.2) is 8.42 Å². The van der Waals surface area contributed by atoms with Gasteiger partial charge in [-0.05, 0) is 66.9 Å². The number of carboxylic acid groups (broad SMARTS) is 1. The van der Waals surface area contributed by atoms with E-state index >= 15 is 0 Å². The number of hydrogen-bond donors (Lipinski definition) is 1. The van der Waals surface area contributed by atoms with Crippen molar-refractivity contribution in [1.29, 1.82) is 0 Å². The average molecular weight is 499 g/mol. The van der Waals surface area contributed by atoms with Gasteiger partial charge < -0.3 is 9.84 Å². The number of carbonyl (C=O) groups is 1. The van der Waals surface area contributed by atoms with Gasteiger partial charge in [0.25, 0.3) is 10.0 Å². The van der Waals surface area contributed by atoms with E-state index in [0.717, 1.165) is 11.1 Å². The number of sulfonamides is 1. The summed E-state index contributed by atoms with van der Waals surface area (Å²) in [5.41, 5.74) is 2.54. The molecule has 0 fully saturated rings. The first-order valence-electron chi connectivity index (χ1n) is 10.6. The number of hydrogen-bond acceptors (Lipinski definition) is 5. The Balaban J connectivity index is 1.73. The lowest BCUT2D eigenvalue weighted by atomic mass is 10.1. The fraction of sp³-hybridized carbons (Fsp3) is 0.200. The highest BCUT2D eigenvalue weighted by Crippen LogP contribution is 2.39. The molecule has 176 valence electrons. The van der Waals surface area contributed by atoms with E-state index in [-0.39, 0.29) is 24.3 Å². The number of nitrogens with zero attached hydrogens (tertiary/aromatic N) is 2. The second kappa shape index (κ2) is 9.87. The molecule has 0 saturated heterocycles. The van der Waals surface area contributed by atoms with Crippen LogP contribution in [0.25, 0.3) is 12.2 Å². The van der Waals surface area contributed by atoms with Crippen LogP contribution in [0.3, 0.4) is 0 Å². The molecule has 2 heterocycles. The van der Waals surface area contributed by atoms with Gasteiger partial charge in [0.2, 0.25) is 0 Å². The summed E-state index contributed by atoms with van der Waals surface area (Å²) >= 11 is 6.17. The number of rotatable bonds is 7. The van der Waals surface area contributed by atoms with Crippen LogP contribution in [0.1, 0.15) is 29.7 Å². The van der Waals surface area contributed by atoms with Gasteiger partial charge in [0.15, 0.2) is 0 Å². The Bertz CT molecular complexity index is 1360. The molecule has 1 aliphatic rings. The van der Waals surface area contributed by atoms with Crippen molar-refractivity contribution in [3.8, 4) is 5.75 Å². The zero-order valence-corrected chi connectivity index (χ0v) is 20.0. The molecule has 1 aromatic heterocycles. The molecule has 0 radical (unpaired) electrons. The molecule has 3 aromatic rings. The normalized spacial score (nSPS) is 15.7. The number of carboxylic acids is 1. The molecule has 1 atom stereocenters. The molecule has 0 bridgehead atoms. The first-order valence-corrected chi connectivity index (χ1v) is 12.5. The summed E-state index contributed by atoms with van der Waals surface area (Å²) in [5.74, 6) is -0.581. The Morgan fingerprint density at radius 2 is 2.03 bits per heavy atom. The molecular weight excluding hydrogens is 476 g/mol. The van der Waals surface area contributed by atoms with Crippen molar-refractivity contribution in [3.63, 3.8) is 0 Å². The summed E-state index contributed by atoms with van der Waals surface area (Å²) in [6.45, 7) is 1.84. The van der Waals surface area contributed by atoms with Gasteiger partial charge in [-0.1, -0.05) is 35.9 Å². The van der Waals surface area contributed by atoms with E-state index in [4.69, 9.17) is 21.4 Å². The summed E-state index contributed by atoms with van der Waals surface area (Å²) < 4.78 is 34.5. The van der Waals surface area contributed by atoms with Gasteiger partial charge in [-0.3, -0.25) is 14.1 Å². The number of halogens is 1. The molecule has 9 heteroatoms. The molecule has 7 nitrogen and oxygen atoms in total. The third kappa shape index (κ3) is 5.24. The zero-order chi connectivity index (χ0) is 24.3. The fourth-order valence-electron chi connectivity index (χ4n) is 3.69. The van der Waals surface area contributed by atoms with Crippen LogP contribution in [0, 0.1) is 6.92 Å². The lowest BCUT2D eigenvalue weighted by Gasteiger charge is -2.35. The van der Waals surface area contributed by atoms with Crippen LogP contribution in [-0.4, -0.2) is 37.1 Å². The molecule has 0 saturated carbocycles. The summed E-state index contributed by atoms with van der Waals surface area (Å²) in [4.78, 5) is 15.5. The number of aliphatic carboxylic acids is 1. The third-order valence-electron chi connectivity index (χ3n) is 5.39. The minimum Gasteiger partial charge on any atom is -0.486 e. The van der Waals surface area contributed by atoms with E-state index in [1.54, 1.807) is 66.9 Å². The fourth-order valence-corrected chi connectivity index (χ4v) is 5.48. The van der Waals surface area contributed by atoms with Gasteiger partial charge >= 0.3 is 5.97 Å². The number of anilines is 1. The maximum Gasteiger partial charge on any atom is 0.303 e. The Labute approximate surface area is 203 Å². The Morgan fingerprint density at radius 1 is 1.21 bits per heavy atom. The molecule has 34 heavy (non-hydrogen) atoms. The summed E-state index contributed by atoms with van der Waals surface area (Å²) in [6, 6.07) is 15.4. The Kier molecular flexibility index (Phi) is 6.90. The minimum atomic E-state index is -3.91. The van der Waals surface area contributed by atoms with Crippen LogP contribution < -0.4 is 9.04 Å². The average Bonchev–Trinajstić information content (AvgIpc) is 2.81. The third-order valence-corrected chi connectivity index (χ3v) is 7.49. The van der Waals surface area contributed by atoms with Crippen LogP contribution in [0.4, 0.5) is 5.69 Å². The lowest BCUT2D eigenvalue weighted by molar-refractivity contribution is -0.137. The number of ether oxygens (including phenoxy) is 1. The molecule has 2 aromatic carbocycles. The maximum atomic E-state index is 13.6. The van der Waals surface area contributed by atoms with Crippen molar-refractivity contribution < 1.29 is 23.1 Å². The monoisotopic (exact) mass is 498 g/mol. The Morgan fingerprint density at radius 3 is 2.76 bits per heavy atom. The Hall–Kier alpha value is -3.36. The molecule has 0 unspecified atom stereocenters. The number of aromatic nitrogens is 1. The first-order chi connectivity index (χ1) is 16.2. The smallest absolute Gasteiger partial charge is 0.303 e. The predicted octanol–water partition coefficient (Wildman–Crippen LogP) is 5.03. The highest BCUT2D eigenvalue weighted by molar-refractivity contribution is 7.92. The van der Waals surface area contributed by atoms with Crippen molar-refractivity contribution in [1.82, 2.24) is 4.98 Å². The highest BCUT2D eigenvalue weighted by atomic mass is 35.5. The summed E-state index contributed by atoms with van der Waals surface area (Å²) in [6.07, 6.45) is 4.67. The summed E-state index contributed by atoms with van der Waals surface area (Å²) in [5, 5.41) is 9.58. The SMILES string of the molecule is Cc1cccc(S(=O)(=O)N2C[C@H](CCC(=O)O)Oc3ccc(/C=C/c4ncccc4Cl)cc32)c1. The highest BCUT2D eigenvalue weighted by Gasteiger charge is 2.34. The van der Waals surface area contributed by atoms with Crippen LogP contribution in [0.5, 0.6) is 5.75 Å². The van der Waals surface area contributed by atoms with E-state index in [9.17, 15) is 13.2 Å². The molecule has 0 spiro atoms. The largest absolute Gasteiger partial charge is 0.486 e. The van der Waals surface area contributed by atoms with Gasteiger partial charge in [0.1, 0.15) is 11.9 Å². The topological polar surface area (TPSA) is 96.8 Å². The first kappa shape index (κ1) is 23.8. The maximum absolute atomic E-state index is 13.6. The van der Waals surface area contributed by atoms with E-state index in [1.165, 1.54) is 4.31 Å². The van der Waals surface area contributed by atoms with Crippen molar-refractivity contribution in [3.05, 3.63) is 82.6 Å². The van der Waals surface area contributed by atoms with Gasteiger partial charge in [0, 0.05) is 12.6 Å². The van der Waals surface area contributed by atoms with Gasteiger partial charge in [-0.15, -0.1) is 0 Å². The molecule has 4 rings (SSSR count). The van der Waals surface area contributed by atoms with Crippen LogP contribution in [-0.2, 0) is 14.8 Å². The van der Waals surface area contributed by atoms with E-state index in [1.807, 2.05) is 13.0 Å². The second-order valence-corrected chi connectivity index (χ2v) is 10.2. The van der Waals surface area contributed by atoms with Gasteiger partial charge in [-0.2, -0.15) is 0 Å². The molecular formula is C25H23ClN2O5S. The number of pyridine rings is 1. The quantitative estimate of drug-likeness (QED) is 0.490. The minimum absolute atomic E-state index is 0.00971. The second-order valence-electron chi connectivity index (χ2n) is 7.96. The number of fused-ring (bicyclic) bond motifs is 1. The molecule has 0 amide bonds. The zero-order valence-electron chi connectivity index (χ0n) is 18.4. The van der Waals surface area contributed by atoms with Gasteiger partial charge in [0.05, 0.1) is 27.8 Å². The number of benzene rings is 2. The standard InChI is InChI=1S/C25H23ClN2O5S/c1-17-4-2-5-20(14-17)34(31,32)28-16-19(9-12-25(29)30)33-24-11-8-18(15-23(24)28)7-10-22-21(26)6-3-13-27-22/h2-8,10-11,13-15,19H,9,12,16H2,1H3,(H,29,30)/b10-7+/t19-/m0/s1. The van der Waals surface area contributed by atoms with E-state index < -0.39 is 22.1 Å². The lowest BCUT2D eigenvalue weighted by Crippen LogP contribution is -2.43. The predicted molar refractivity (Wildman–Crippen MR) is 132 cm³/mol. The van der Waals surface area contributed by atoms with E-state index in [2.05, 4.69) is 4.98 Å². The van der Waals surface area contributed by atoms with Crippen LogP contribution >= 0.6 is 11.6 Å². The number of aryl methyl sites for hydroxylation is 1. The van der Waals surface area contributed by atoms with Crippen molar-refractivity contribution >= 4 is 45.4 Å². The summed E-state index contributed by atoms with van der Waals surface area (Å²) in [7, 11) is -3.91. The molecule has 0 aliphatic carbocycles.